The highest BCUT2D eigenvalue weighted by atomic mass is 28.4. The Morgan fingerprint density at radius 2 is 0.490 bits per heavy atom. The summed E-state index contributed by atoms with van der Waals surface area (Å²) < 4.78 is 36.7. The Balaban J connectivity index is -0.00000139. The smallest absolute Gasteiger partial charge is 0.391 e. The van der Waals surface area contributed by atoms with Gasteiger partial charge >= 0.3 is 61.6 Å². The molecule has 47 heteroatoms. The zero-order chi connectivity index (χ0) is 73.8. The number of unbranched alkanes of at least 4 members (excludes halogenated alkanes) is 1. The number of nitrogens with zero attached hydrogens (tertiary/aromatic N) is 2. The Kier molecular flexibility index (Phi) is 60.7. The van der Waals surface area contributed by atoms with E-state index in [2.05, 4.69) is 10.6 Å². The lowest BCUT2D eigenvalue weighted by Gasteiger charge is -2.27. The van der Waals surface area contributed by atoms with E-state index >= 15 is 0 Å². The van der Waals surface area contributed by atoms with Crippen molar-refractivity contribution in [2.24, 2.45) is 5.73 Å². The van der Waals surface area contributed by atoms with Gasteiger partial charge in [-0.1, -0.05) is 0 Å². The zero-order valence-corrected chi connectivity index (χ0v) is 62.1. The van der Waals surface area contributed by atoms with Crippen molar-refractivity contribution in [2.75, 3.05) is 164 Å². The average molecular weight is 1540 g/mol. The third-order valence-corrected chi connectivity index (χ3v) is 19.8. The van der Waals surface area contributed by atoms with Gasteiger partial charge in [-0.25, -0.2) is 0 Å². The van der Waals surface area contributed by atoms with E-state index in [1.165, 1.54) is 0 Å². The minimum absolute atomic E-state index is 0.00142. The predicted octanol–water partition coefficient (Wildman–Crippen LogP) is -13.3. The lowest BCUT2D eigenvalue weighted by atomic mass is 10.1. The van der Waals surface area contributed by atoms with Gasteiger partial charge in [-0.05, 0) is 70.8 Å². The number of nitrogens with two attached hydrogens (primary N) is 1. The fourth-order valence-electron chi connectivity index (χ4n) is 8.12. The molecule has 582 valence electrons. The quantitative estimate of drug-likeness (QED) is 0.0199. The van der Waals surface area contributed by atoms with Crippen molar-refractivity contribution in [1.29, 1.82) is 0 Å². The topological polar surface area (TPSA) is 688 Å². The Morgan fingerprint density at radius 3 is 0.729 bits per heavy atom. The van der Waals surface area contributed by atoms with Crippen LogP contribution in [0.15, 0.2) is 0 Å². The molecule has 0 saturated carbocycles. The minimum Gasteiger partial charge on any atom is -0.391 e. The number of hydrogen-bond donors (Lipinski definition) is 31. The van der Waals surface area contributed by atoms with E-state index in [-0.39, 0.29) is 200 Å². The van der Waals surface area contributed by atoms with Crippen LogP contribution in [0.2, 0.25) is 42.3 Å². The van der Waals surface area contributed by atoms with Crippen molar-refractivity contribution in [3.8, 4) is 0 Å². The summed E-state index contributed by atoms with van der Waals surface area (Å²) in [5.74, 6) is 0. The van der Waals surface area contributed by atoms with E-state index in [4.69, 9.17) is 140 Å². The number of aliphatic hydroxyl groups is 7. The van der Waals surface area contributed by atoms with Crippen LogP contribution >= 0.6 is 0 Å². The first-order chi connectivity index (χ1) is 44.4. The molecule has 7 unspecified atom stereocenters. The van der Waals surface area contributed by atoms with Gasteiger partial charge in [0.1, 0.15) is 0 Å². The maximum Gasteiger partial charge on any atom is 0.492 e. The fourth-order valence-corrected chi connectivity index (χ4v) is 12.5. The SMILES string of the molecule is NCCN(CC(O)COCCC[Si](O)(O)O)CC(O)COCCC[Si](O)(O)O.OC(CCCCNCC(O)COCCC[Si](O)(O)O)COCCC[Si](O)(O)O.OC(CNCCN(CC(O)COCCC[Si](O)(O)O)CC(O)COCCC[Si](O)(O)O)COCCC[Si](O)(O)O. The first-order valence-corrected chi connectivity index (χ1v) is 46.3. The van der Waals surface area contributed by atoms with Crippen LogP contribution in [0.3, 0.4) is 0 Å². The second-order valence-corrected chi connectivity index (χ2v) is 37.8. The van der Waals surface area contributed by atoms with E-state index in [1.807, 2.05) is 0 Å². The number of nitrogens with one attached hydrogen (secondary N) is 2. The molecule has 0 aromatic carbocycles. The summed E-state index contributed by atoms with van der Waals surface area (Å²) in [4.78, 5) is 191. The molecule has 0 radical (unpaired) electrons. The molecule has 7 atom stereocenters. The standard InChI is InChI=1S/C20H50N2O15Si3.C15H37NO10Si2.C14H36N2O10Si2/c23-18(15-35-6-1-9-38(26,27)28)12-21-4-5-22(13-19(24)16-36-7-2-10-39(29,30)31)14-20(25)17-37-8-3-11-40(32,33)34;17-14(12-25-7-3-9-27(19,20)21)5-1-2-6-16-11-15(18)13-26-8-4-10-28(22,23)24;15-3-4-16(9-13(17)11-25-5-1-7-27(19,20)21)10-14(18)12-26-6-2-8-28(22,23)24/h18-21,23-34H,1-17H2;14-24H,1-13H2;13-14,17-24H,1-12,15H2. The van der Waals surface area contributed by atoms with E-state index in [0.29, 0.717) is 58.5 Å². The van der Waals surface area contributed by atoms with Crippen LogP contribution in [0.4, 0.5) is 0 Å². The average Bonchev–Trinajstić information content (AvgIpc) is 3.36. The second-order valence-electron chi connectivity index (χ2n) is 23.5. The van der Waals surface area contributed by atoms with Crippen LogP contribution in [-0.4, -0.2) is 415 Å². The fraction of sp³-hybridized carbons (Fsp3) is 1.00. The van der Waals surface area contributed by atoms with Gasteiger partial charge in [-0.15, -0.1) is 0 Å². The van der Waals surface area contributed by atoms with E-state index in [1.54, 1.807) is 9.80 Å². The van der Waals surface area contributed by atoms with Crippen LogP contribution in [-0.2, 0) is 33.2 Å². The summed E-state index contributed by atoms with van der Waals surface area (Å²) in [5.41, 5.74) is 5.54. The summed E-state index contributed by atoms with van der Waals surface area (Å²) in [6.45, 7) is 4.70. The normalized spacial score (nSPS) is 15.3. The van der Waals surface area contributed by atoms with E-state index in [9.17, 15) is 35.7 Å². The second kappa shape index (κ2) is 58.2. The van der Waals surface area contributed by atoms with Gasteiger partial charge in [0, 0.05) is 154 Å². The van der Waals surface area contributed by atoms with Crippen LogP contribution in [0.25, 0.3) is 0 Å². The summed E-state index contributed by atoms with van der Waals surface area (Å²) in [7, 11) is -28.5. The largest absolute Gasteiger partial charge is 0.492 e. The molecule has 0 saturated heterocycles. The van der Waals surface area contributed by atoms with Gasteiger partial charge in [0.05, 0.1) is 89.0 Å². The molecule has 0 rings (SSSR count). The third kappa shape index (κ3) is 84.6. The predicted molar refractivity (Wildman–Crippen MR) is 352 cm³/mol. The highest BCUT2D eigenvalue weighted by Crippen LogP contribution is 2.10. The molecule has 0 fully saturated rings. The Morgan fingerprint density at radius 1 is 0.271 bits per heavy atom. The van der Waals surface area contributed by atoms with Gasteiger partial charge in [0.15, 0.2) is 0 Å². The van der Waals surface area contributed by atoms with Crippen LogP contribution in [0.5, 0.6) is 0 Å². The third-order valence-electron chi connectivity index (χ3n) is 12.6. The molecular weight excluding hydrogens is 1420 g/mol. The van der Waals surface area contributed by atoms with Gasteiger partial charge in [0.25, 0.3) is 0 Å². The Labute approximate surface area is 569 Å². The zero-order valence-electron chi connectivity index (χ0n) is 55.1. The minimum atomic E-state index is -4.13. The molecule has 32 N–H and O–H groups in total. The van der Waals surface area contributed by atoms with Crippen molar-refractivity contribution in [2.45, 2.75) is 149 Å². The summed E-state index contributed by atoms with van der Waals surface area (Å²) >= 11 is 0. The van der Waals surface area contributed by atoms with Gasteiger partial charge < -0.3 is 186 Å². The van der Waals surface area contributed by atoms with Gasteiger partial charge in [-0.3, -0.25) is 9.80 Å². The molecule has 0 aliphatic carbocycles. The first kappa shape index (κ1) is 100. The molecular formula is C49H123N5O35Si7. The summed E-state index contributed by atoms with van der Waals surface area (Å²) in [6, 6.07) is -0.955. The highest BCUT2D eigenvalue weighted by Gasteiger charge is 2.31. The number of ether oxygens (including phenoxy) is 7. The lowest BCUT2D eigenvalue weighted by molar-refractivity contribution is -0.0104. The molecule has 96 heavy (non-hydrogen) atoms. The molecule has 0 heterocycles. The summed E-state index contributed by atoms with van der Waals surface area (Å²) in [6.07, 6.45) is -1.72. The highest BCUT2D eigenvalue weighted by molar-refractivity contribution is 6.58. The molecule has 0 aliphatic rings. The van der Waals surface area contributed by atoms with Crippen molar-refractivity contribution < 1.29 is 170 Å². The number of aliphatic hydroxyl groups excluding tert-OH is 7. The van der Waals surface area contributed by atoms with Crippen molar-refractivity contribution in [1.82, 2.24) is 20.4 Å². The van der Waals surface area contributed by atoms with E-state index in [0.717, 1.165) is 12.8 Å². The Bertz CT molecular complexity index is 1640. The maximum absolute atomic E-state index is 10.3. The van der Waals surface area contributed by atoms with Crippen LogP contribution < -0.4 is 16.4 Å². The Hall–Kier alpha value is -0.0818. The first-order valence-electron chi connectivity index (χ1n) is 32.0. The molecule has 0 aromatic rings. The van der Waals surface area contributed by atoms with Gasteiger partial charge in [-0.2, -0.15) is 0 Å². The number of hydrogen-bond acceptors (Lipinski definition) is 40. The van der Waals surface area contributed by atoms with Crippen molar-refractivity contribution in [3.05, 3.63) is 0 Å². The molecule has 0 spiro atoms. The van der Waals surface area contributed by atoms with Crippen LogP contribution in [0.1, 0.15) is 64.2 Å². The maximum atomic E-state index is 10.3. The number of rotatable bonds is 64. The molecule has 0 amide bonds. The van der Waals surface area contributed by atoms with Gasteiger partial charge in [0.2, 0.25) is 0 Å². The van der Waals surface area contributed by atoms with Crippen molar-refractivity contribution in [3.63, 3.8) is 0 Å². The molecule has 0 aromatic heterocycles. The van der Waals surface area contributed by atoms with Crippen LogP contribution in [0, 0.1) is 0 Å². The summed E-state index contributed by atoms with van der Waals surface area (Å²) in [5, 5.41) is 76.3. The molecule has 0 aliphatic heterocycles. The molecule has 0 bridgehead atoms. The lowest BCUT2D eigenvalue weighted by Crippen LogP contribution is -2.44. The molecule has 40 nitrogen and oxygen atoms in total. The monoisotopic (exact) mass is 1540 g/mol. The van der Waals surface area contributed by atoms with E-state index < -0.39 is 104 Å². The van der Waals surface area contributed by atoms with Crippen molar-refractivity contribution >= 4 is 61.6 Å².